The van der Waals surface area contributed by atoms with Crippen LogP contribution in [0.2, 0.25) is 0 Å². The largest absolute Gasteiger partial charge is 0.459 e. The number of benzene rings is 4. The summed E-state index contributed by atoms with van der Waals surface area (Å²) in [5.74, 6) is -2.74. The van der Waals surface area contributed by atoms with Gasteiger partial charge in [-0.1, -0.05) is 118 Å². The summed E-state index contributed by atoms with van der Waals surface area (Å²) < 4.78 is 23.7. The van der Waals surface area contributed by atoms with E-state index in [0.29, 0.717) is 11.3 Å². The van der Waals surface area contributed by atoms with Gasteiger partial charge in [0.25, 0.3) is 0 Å². The molecule has 3 amide bonds. The molecule has 4 aromatic carbocycles. The lowest BCUT2D eigenvalue weighted by Gasteiger charge is -2.29. The number of hydrogen-bond acceptors (Lipinski definition) is 9. The van der Waals surface area contributed by atoms with E-state index in [9.17, 15) is 24.0 Å². The number of epoxide rings is 1. The Morgan fingerprint density at radius 3 is 2.15 bits per heavy atom. The number of amides is 3. The molecule has 1 aliphatic carbocycles. The third-order valence-corrected chi connectivity index (χ3v) is 11.7. The van der Waals surface area contributed by atoms with Gasteiger partial charge in [-0.15, -0.1) is 0 Å². The summed E-state index contributed by atoms with van der Waals surface area (Å²) in [7, 11) is 0. The third-order valence-electron chi connectivity index (χ3n) is 11.7. The quantitative estimate of drug-likeness (QED) is 0.0822. The van der Waals surface area contributed by atoms with Crippen molar-refractivity contribution >= 4 is 35.5 Å². The molecule has 1 fully saturated rings. The van der Waals surface area contributed by atoms with Crippen molar-refractivity contribution in [2.24, 2.45) is 17.3 Å². The van der Waals surface area contributed by atoms with Gasteiger partial charge in [-0.25, -0.2) is 9.59 Å². The van der Waals surface area contributed by atoms with Crippen LogP contribution < -0.4 is 16.0 Å². The monoisotopic (exact) mass is 841 g/mol. The highest BCUT2D eigenvalue weighted by Gasteiger charge is 2.48. The molecule has 62 heavy (non-hydrogen) atoms. The number of nitrogens with one attached hydrogen (secondary N) is 3. The molecule has 4 aromatic rings. The number of esters is 2. The molecule has 12 nitrogen and oxygen atoms in total. The van der Waals surface area contributed by atoms with Crippen LogP contribution in [0.25, 0.3) is 11.1 Å². The summed E-state index contributed by atoms with van der Waals surface area (Å²) in [6.45, 7) is 9.06. The fourth-order valence-electron chi connectivity index (χ4n) is 8.10. The van der Waals surface area contributed by atoms with Crippen molar-refractivity contribution in [3.8, 4) is 11.1 Å². The van der Waals surface area contributed by atoms with Gasteiger partial charge >= 0.3 is 18.0 Å². The SMILES string of the molecule is CC(C)C[C@@H]1OC(=O)C(C)(C)CNC(=O)[C@@H](Cc2ccc(NC(=O)OCC3c4ccccc4-c4ccccc43)cc2)NC(=O)/C=C/C[C@@H]([C@H](C)[C@H]2O[C@@H]2c2ccccc2)OC1=O. The number of cyclic esters (lactones) is 2. The first kappa shape index (κ1) is 43.8. The lowest BCUT2D eigenvalue weighted by atomic mass is 9.92. The summed E-state index contributed by atoms with van der Waals surface area (Å²) in [4.78, 5) is 67.5. The molecule has 3 aliphatic rings. The van der Waals surface area contributed by atoms with Gasteiger partial charge in [0.1, 0.15) is 24.9 Å². The standard InChI is InChI=1S/C50H55N3O9/c1-30(2)26-42-47(56)60-41(31(3)44-45(62-44)33-14-7-6-8-15-33)20-13-21-43(54)53-40(46(55)51-29-50(4,5)48(57)61-42)27-32-22-24-34(25-23-32)52-49(58)59-28-39-37-18-11-9-16-35(37)36-17-10-12-19-38(36)39/h6-19,21-25,30-31,39-42,44-45H,20,26-29H2,1-5H3,(H,51,55)(H,52,58)(H,53,54)/b21-13+/t31-,40+,41-,42-,44+,45+/m0/s1. The second-order valence-electron chi connectivity index (χ2n) is 17.4. The van der Waals surface area contributed by atoms with Gasteiger partial charge in [0, 0.05) is 36.9 Å². The molecule has 324 valence electrons. The van der Waals surface area contributed by atoms with Crippen LogP contribution in [-0.2, 0) is 44.5 Å². The highest BCUT2D eigenvalue weighted by Crippen LogP contribution is 2.46. The van der Waals surface area contributed by atoms with Crippen LogP contribution in [0.4, 0.5) is 10.5 Å². The van der Waals surface area contributed by atoms with Crippen LogP contribution in [-0.4, -0.2) is 67.4 Å². The van der Waals surface area contributed by atoms with Gasteiger partial charge in [0.2, 0.25) is 11.8 Å². The minimum atomic E-state index is -1.24. The Kier molecular flexibility index (Phi) is 13.6. The molecule has 2 heterocycles. The van der Waals surface area contributed by atoms with E-state index in [2.05, 4.69) is 40.2 Å². The third kappa shape index (κ3) is 10.6. The highest BCUT2D eigenvalue weighted by molar-refractivity contribution is 5.93. The lowest BCUT2D eigenvalue weighted by molar-refractivity contribution is -0.179. The number of anilines is 1. The van der Waals surface area contributed by atoms with Crippen LogP contribution >= 0.6 is 0 Å². The van der Waals surface area contributed by atoms with Crippen molar-refractivity contribution in [1.82, 2.24) is 10.6 Å². The second-order valence-corrected chi connectivity index (χ2v) is 17.4. The first-order valence-corrected chi connectivity index (χ1v) is 21.3. The Bertz CT molecular complexity index is 2240. The van der Waals surface area contributed by atoms with Crippen LogP contribution in [0.1, 0.15) is 81.7 Å². The maximum absolute atomic E-state index is 13.8. The molecular formula is C50H55N3O9. The minimum absolute atomic E-state index is 0.000908. The first-order chi connectivity index (χ1) is 29.8. The van der Waals surface area contributed by atoms with Crippen molar-refractivity contribution in [3.05, 3.63) is 138 Å². The van der Waals surface area contributed by atoms with Gasteiger partial charge in [-0.2, -0.15) is 0 Å². The summed E-state index contributed by atoms with van der Waals surface area (Å²) >= 11 is 0. The topological polar surface area (TPSA) is 162 Å². The molecule has 1 saturated heterocycles. The molecule has 0 saturated carbocycles. The van der Waals surface area contributed by atoms with E-state index in [1.54, 1.807) is 44.2 Å². The maximum Gasteiger partial charge on any atom is 0.411 e. The molecule has 3 N–H and O–H groups in total. The van der Waals surface area contributed by atoms with E-state index in [0.717, 1.165) is 27.8 Å². The molecule has 2 aliphatic heterocycles. The normalized spacial score (nSPS) is 23.7. The lowest BCUT2D eigenvalue weighted by Crippen LogP contribution is -2.51. The molecule has 0 bridgehead atoms. The van der Waals surface area contributed by atoms with Crippen molar-refractivity contribution in [1.29, 1.82) is 0 Å². The van der Waals surface area contributed by atoms with E-state index in [4.69, 9.17) is 18.9 Å². The van der Waals surface area contributed by atoms with Gasteiger partial charge in [0.15, 0.2) is 6.10 Å². The smallest absolute Gasteiger partial charge is 0.411 e. The van der Waals surface area contributed by atoms with Gasteiger partial charge in [-0.3, -0.25) is 19.7 Å². The number of fused-ring (bicyclic) bond motifs is 3. The Labute approximate surface area is 362 Å². The Balaban J connectivity index is 1.03. The number of ether oxygens (including phenoxy) is 4. The second kappa shape index (κ2) is 19.2. The van der Waals surface area contributed by atoms with Crippen molar-refractivity contribution in [2.75, 3.05) is 18.5 Å². The van der Waals surface area contributed by atoms with Crippen molar-refractivity contribution < 1.29 is 42.9 Å². The zero-order valence-electron chi connectivity index (χ0n) is 35.8. The number of carbonyl (C=O) groups is 5. The molecule has 7 rings (SSSR count). The van der Waals surface area contributed by atoms with Gasteiger partial charge in [0.05, 0.1) is 11.5 Å². The predicted octanol–water partition coefficient (Wildman–Crippen LogP) is 7.82. The summed E-state index contributed by atoms with van der Waals surface area (Å²) in [6, 6.07) is 31.9. The van der Waals surface area contributed by atoms with E-state index in [1.165, 1.54) is 6.08 Å². The molecular weight excluding hydrogens is 787 g/mol. The molecule has 0 spiro atoms. The fraction of sp³-hybridized carbons (Fsp3) is 0.380. The van der Waals surface area contributed by atoms with E-state index in [1.807, 2.05) is 75.4 Å². The van der Waals surface area contributed by atoms with E-state index >= 15 is 0 Å². The first-order valence-electron chi connectivity index (χ1n) is 21.3. The zero-order valence-corrected chi connectivity index (χ0v) is 35.8. The fourth-order valence-corrected chi connectivity index (χ4v) is 8.10. The Morgan fingerprint density at radius 2 is 1.48 bits per heavy atom. The molecule has 6 atom stereocenters. The number of hydrogen-bond donors (Lipinski definition) is 3. The van der Waals surface area contributed by atoms with Gasteiger partial charge < -0.3 is 29.6 Å². The molecule has 12 heteroatoms. The summed E-state index contributed by atoms with van der Waals surface area (Å²) in [6.07, 6.45) is 0.576. The van der Waals surface area contributed by atoms with Crippen LogP contribution in [0.3, 0.4) is 0 Å². The van der Waals surface area contributed by atoms with E-state index < -0.39 is 53.5 Å². The number of rotatable bonds is 10. The van der Waals surface area contributed by atoms with Crippen molar-refractivity contribution in [3.63, 3.8) is 0 Å². The van der Waals surface area contributed by atoms with Crippen molar-refractivity contribution in [2.45, 2.75) is 90.3 Å². The van der Waals surface area contributed by atoms with Crippen LogP contribution in [0.5, 0.6) is 0 Å². The van der Waals surface area contributed by atoms with E-state index in [-0.39, 0.29) is 62.4 Å². The minimum Gasteiger partial charge on any atom is -0.459 e. The molecule has 0 radical (unpaired) electrons. The van der Waals surface area contributed by atoms with Crippen LogP contribution in [0.15, 0.2) is 115 Å². The maximum atomic E-state index is 13.8. The highest BCUT2D eigenvalue weighted by atomic mass is 16.6. The zero-order chi connectivity index (χ0) is 44.0. The average molecular weight is 842 g/mol. The predicted molar refractivity (Wildman–Crippen MR) is 234 cm³/mol. The Hall–Kier alpha value is -6.27. The summed E-state index contributed by atoms with van der Waals surface area (Å²) in [5.41, 5.74) is 5.49. The Morgan fingerprint density at radius 1 is 0.839 bits per heavy atom. The number of carbonyl (C=O) groups excluding carboxylic acids is 5. The average Bonchev–Trinajstić information content (AvgIpc) is 4.00. The molecule has 0 unspecified atom stereocenters. The van der Waals surface area contributed by atoms with Crippen LogP contribution in [0, 0.1) is 17.3 Å². The molecule has 0 aromatic heterocycles. The summed E-state index contributed by atoms with van der Waals surface area (Å²) in [5, 5.41) is 8.40. The van der Waals surface area contributed by atoms with Gasteiger partial charge in [-0.05, 0) is 77.8 Å².